The molecule has 0 fully saturated rings. The molecule has 1 unspecified atom stereocenters. The van der Waals surface area contributed by atoms with Crippen molar-refractivity contribution in [3.63, 3.8) is 0 Å². The zero-order valence-corrected chi connectivity index (χ0v) is 12.9. The minimum absolute atomic E-state index is 0.0479. The van der Waals surface area contributed by atoms with Crippen molar-refractivity contribution in [1.82, 2.24) is 15.0 Å². The third-order valence-electron chi connectivity index (χ3n) is 3.53. The Balaban J connectivity index is 1.86. The third kappa shape index (κ3) is 2.58. The molecule has 1 aromatic carbocycles. The molecule has 2 heterocycles. The fraction of sp³-hybridized carbons (Fsp3) is 0.429. The van der Waals surface area contributed by atoms with Crippen LogP contribution in [-0.2, 0) is 13.0 Å². The normalized spacial score (nSPS) is 14.9. The second-order valence-corrected chi connectivity index (χ2v) is 5.92. The smallest absolute Gasteiger partial charge is 0.127 e. The van der Waals surface area contributed by atoms with Gasteiger partial charge in [0.15, 0.2) is 0 Å². The fourth-order valence-electron chi connectivity index (χ4n) is 2.41. The highest BCUT2D eigenvalue weighted by Gasteiger charge is 2.18. The van der Waals surface area contributed by atoms with E-state index in [1.807, 2.05) is 17.8 Å². The van der Waals surface area contributed by atoms with Crippen LogP contribution in [0.3, 0.4) is 0 Å². The summed E-state index contributed by atoms with van der Waals surface area (Å²) in [7, 11) is 0. The van der Waals surface area contributed by atoms with Crippen LogP contribution in [0.25, 0.3) is 0 Å². The summed E-state index contributed by atoms with van der Waals surface area (Å²) in [5.74, 6) is 0.991. The molecule has 0 aliphatic carbocycles. The predicted molar refractivity (Wildman–Crippen MR) is 79.7 cm³/mol. The van der Waals surface area contributed by atoms with E-state index in [2.05, 4.69) is 38.4 Å². The van der Waals surface area contributed by atoms with Crippen LogP contribution in [0.15, 0.2) is 22.8 Å². The summed E-state index contributed by atoms with van der Waals surface area (Å²) in [6.07, 6.45) is 3.73. The molecule has 1 atom stereocenters. The minimum atomic E-state index is -0.0479. The maximum absolute atomic E-state index is 5.97. The van der Waals surface area contributed by atoms with Crippen LogP contribution in [0, 0.1) is 0 Å². The number of halogens is 1. The first-order chi connectivity index (χ1) is 9.67. The van der Waals surface area contributed by atoms with Gasteiger partial charge < -0.3 is 10.5 Å². The number of aromatic nitrogens is 3. The van der Waals surface area contributed by atoms with E-state index in [4.69, 9.17) is 10.5 Å². The molecule has 3 rings (SSSR count). The van der Waals surface area contributed by atoms with Gasteiger partial charge in [-0.25, -0.2) is 4.68 Å². The van der Waals surface area contributed by atoms with E-state index >= 15 is 0 Å². The standard InChI is InChI=1S/C14H17BrN4O/c1-2-12(16)13-8-19(18-17-13)7-10-6-11(15)5-9-3-4-20-14(9)10/h5-6,8,12H,2-4,7,16H2,1H3. The molecular formula is C14H17BrN4O. The summed E-state index contributed by atoms with van der Waals surface area (Å²) in [6.45, 7) is 3.44. The first-order valence-electron chi connectivity index (χ1n) is 6.77. The average Bonchev–Trinajstić information content (AvgIpc) is 3.06. The SMILES string of the molecule is CCC(N)c1cn(Cc2cc(Br)cc3c2OCC3)nn1. The van der Waals surface area contributed by atoms with E-state index in [0.717, 1.165) is 40.9 Å². The van der Waals surface area contributed by atoms with E-state index in [0.29, 0.717) is 6.54 Å². The van der Waals surface area contributed by atoms with Crippen LogP contribution in [0.5, 0.6) is 5.75 Å². The first-order valence-corrected chi connectivity index (χ1v) is 7.56. The number of fused-ring (bicyclic) bond motifs is 1. The first kappa shape index (κ1) is 13.6. The molecule has 106 valence electrons. The van der Waals surface area contributed by atoms with Crippen LogP contribution in [0.1, 0.15) is 36.2 Å². The zero-order chi connectivity index (χ0) is 14.1. The molecule has 0 radical (unpaired) electrons. The monoisotopic (exact) mass is 336 g/mol. The third-order valence-corrected chi connectivity index (χ3v) is 3.99. The number of ether oxygens (including phenoxy) is 1. The molecule has 5 nitrogen and oxygen atoms in total. The van der Waals surface area contributed by atoms with Crippen molar-refractivity contribution in [1.29, 1.82) is 0 Å². The summed E-state index contributed by atoms with van der Waals surface area (Å²) in [4.78, 5) is 0. The van der Waals surface area contributed by atoms with Crippen LogP contribution in [0.2, 0.25) is 0 Å². The van der Waals surface area contributed by atoms with E-state index in [1.54, 1.807) is 0 Å². The molecule has 1 aliphatic heterocycles. The summed E-state index contributed by atoms with van der Waals surface area (Å²) >= 11 is 3.55. The zero-order valence-electron chi connectivity index (χ0n) is 11.3. The lowest BCUT2D eigenvalue weighted by Gasteiger charge is -2.09. The van der Waals surface area contributed by atoms with Crippen LogP contribution >= 0.6 is 15.9 Å². The van der Waals surface area contributed by atoms with Gasteiger partial charge in [0.05, 0.1) is 31.1 Å². The maximum Gasteiger partial charge on any atom is 0.127 e. The Labute approximate surface area is 126 Å². The topological polar surface area (TPSA) is 66.0 Å². The van der Waals surface area contributed by atoms with Gasteiger partial charge in [-0.15, -0.1) is 5.10 Å². The maximum atomic E-state index is 5.97. The quantitative estimate of drug-likeness (QED) is 0.931. The predicted octanol–water partition coefficient (Wildman–Crippen LogP) is 2.43. The van der Waals surface area contributed by atoms with Gasteiger partial charge in [0.1, 0.15) is 5.75 Å². The number of hydrogen-bond acceptors (Lipinski definition) is 4. The molecule has 0 saturated heterocycles. The molecule has 1 aliphatic rings. The van der Waals surface area contributed by atoms with Crippen LogP contribution in [-0.4, -0.2) is 21.6 Å². The van der Waals surface area contributed by atoms with Crippen molar-refractivity contribution >= 4 is 15.9 Å². The van der Waals surface area contributed by atoms with Crippen molar-refractivity contribution in [2.24, 2.45) is 5.73 Å². The number of nitrogens with zero attached hydrogens (tertiary/aromatic N) is 3. The van der Waals surface area contributed by atoms with Gasteiger partial charge in [-0.2, -0.15) is 0 Å². The lowest BCUT2D eigenvalue weighted by molar-refractivity contribution is 0.352. The summed E-state index contributed by atoms with van der Waals surface area (Å²) in [6, 6.07) is 4.14. The van der Waals surface area contributed by atoms with E-state index in [-0.39, 0.29) is 6.04 Å². The molecular weight excluding hydrogens is 320 g/mol. The van der Waals surface area contributed by atoms with Crippen molar-refractivity contribution in [3.05, 3.63) is 39.6 Å². The molecule has 0 amide bonds. The van der Waals surface area contributed by atoms with Gasteiger partial charge in [-0.3, -0.25) is 0 Å². The lowest BCUT2D eigenvalue weighted by atomic mass is 10.1. The number of hydrogen-bond donors (Lipinski definition) is 1. The Bertz CT molecular complexity index is 626. The van der Waals surface area contributed by atoms with Gasteiger partial charge in [0, 0.05) is 16.5 Å². The van der Waals surface area contributed by atoms with E-state index in [9.17, 15) is 0 Å². The number of nitrogens with two attached hydrogens (primary N) is 1. The minimum Gasteiger partial charge on any atom is -0.493 e. The number of benzene rings is 1. The molecule has 1 aromatic heterocycles. The molecule has 6 heteroatoms. The summed E-state index contributed by atoms with van der Waals surface area (Å²) < 4.78 is 8.61. The van der Waals surface area contributed by atoms with Crippen molar-refractivity contribution in [2.75, 3.05) is 6.61 Å². The van der Waals surface area contributed by atoms with Crippen LogP contribution in [0.4, 0.5) is 0 Å². The van der Waals surface area contributed by atoms with Gasteiger partial charge >= 0.3 is 0 Å². The second-order valence-electron chi connectivity index (χ2n) is 5.01. The van der Waals surface area contributed by atoms with Crippen LogP contribution < -0.4 is 10.5 Å². The van der Waals surface area contributed by atoms with E-state index in [1.165, 1.54) is 5.56 Å². The Morgan fingerprint density at radius 1 is 1.50 bits per heavy atom. The van der Waals surface area contributed by atoms with Gasteiger partial charge in [0.2, 0.25) is 0 Å². The Morgan fingerprint density at radius 3 is 3.15 bits per heavy atom. The van der Waals surface area contributed by atoms with Gasteiger partial charge in [0.25, 0.3) is 0 Å². The largest absolute Gasteiger partial charge is 0.493 e. The number of rotatable bonds is 4. The highest BCUT2D eigenvalue weighted by molar-refractivity contribution is 9.10. The van der Waals surface area contributed by atoms with Crippen molar-refractivity contribution in [3.8, 4) is 5.75 Å². The summed E-state index contributed by atoms with van der Waals surface area (Å²) in [5.41, 5.74) is 9.17. The highest BCUT2D eigenvalue weighted by atomic mass is 79.9. The Hall–Kier alpha value is -1.40. The van der Waals surface area contributed by atoms with E-state index < -0.39 is 0 Å². The fourth-order valence-corrected chi connectivity index (χ4v) is 2.96. The molecule has 0 spiro atoms. The highest BCUT2D eigenvalue weighted by Crippen LogP contribution is 2.33. The van der Waals surface area contributed by atoms with Gasteiger partial charge in [-0.05, 0) is 24.1 Å². The average molecular weight is 337 g/mol. The summed E-state index contributed by atoms with van der Waals surface area (Å²) in [5, 5.41) is 8.29. The molecule has 2 N–H and O–H groups in total. The van der Waals surface area contributed by atoms with Gasteiger partial charge in [-0.1, -0.05) is 28.1 Å². The molecule has 0 saturated carbocycles. The second kappa shape index (κ2) is 5.54. The van der Waals surface area contributed by atoms with Crippen molar-refractivity contribution < 1.29 is 4.74 Å². The molecule has 20 heavy (non-hydrogen) atoms. The van der Waals surface area contributed by atoms with Crippen molar-refractivity contribution in [2.45, 2.75) is 32.4 Å². The molecule has 2 aromatic rings. The molecule has 0 bridgehead atoms. The lowest BCUT2D eigenvalue weighted by Crippen LogP contribution is -2.08. The Morgan fingerprint density at radius 2 is 2.35 bits per heavy atom. The Kier molecular flexibility index (Phi) is 3.76.